The van der Waals surface area contributed by atoms with Crippen molar-refractivity contribution in [3.8, 4) is 11.5 Å². The molecule has 0 spiro atoms. The second-order valence-electron chi connectivity index (χ2n) is 3.89. The molecule has 0 amide bonds. The molecule has 0 N–H and O–H groups in total. The molecule has 0 atom stereocenters. The molecule has 108 valence electrons. The fourth-order valence-electron chi connectivity index (χ4n) is 1.53. The van der Waals surface area contributed by atoms with Crippen LogP contribution in [0.4, 0.5) is 14.5 Å². The lowest BCUT2D eigenvalue weighted by atomic mass is 10.2. The van der Waals surface area contributed by atoms with E-state index in [9.17, 15) is 23.7 Å². The Labute approximate surface area is 125 Å². The Kier molecular flexibility index (Phi) is 4.27. The third kappa shape index (κ3) is 3.22. The minimum absolute atomic E-state index is 0.139. The van der Waals surface area contributed by atoms with Crippen LogP contribution in [-0.4, -0.2) is 11.2 Å². The SMILES string of the molecule is O=Cc1ccc(Oc2cc(F)c([N+](=O)[O-])cc2F)cc1Br. The van der Waals surface area contributed by atoms with Gasteiger partial charge in [-0.3, -0.25) is 14.9 Å². The molecule has 0 aromatic heterocycles. The summed E-state index contributed by atoms with van der Waals surface area (Å²) in [5.74, 6) is -2.64. The molecule has 0 aliphatic rings. The highest BCUT2D eigenvalue weighted by Crippen LogP contribution is 2.31. The van der Waals surface area contributed by atoms with E-state index in [0.717, 1.165) is 0 Å². The number of aldehydes is 1. The van der Waals surface area contributed by atoms with Crippen LogP contribution in [0.25, 0.3) is 0 Å². The van der Waals surface area contributed by atoms with Crippen molar-refractivity contribution in [2.45, 2.75) is 0 Å². The van der Waals surface area contributed by atoms with Crippen LogP contribution in [0.15, 0.2) is 34.8 Å². The number of nitrogens with zero attached hydrogens (tertiary/aromatic N) is 1. The Morgan fingerprint density at radius 2 is 1.90 bits per heavy atom. The Morgan fingerprint density at radius 3 is 2.48 bits per heavy atom. The normalized spacial score (nSPS) is 10.2. The molecule has 0 aliphatic carbocycles. The minimum Gasteiger partial charge on any atom is -0.454 e. The molecule has 0 unspecified atom stereocenters. The molecular weight excluding hydrogens is 352 g/mol. The van der Waals surface area contributed by atoms with Crippen molar-refractivity contribution >= 4 is 27.9 Å². The zero-order valence-corrected chi connectivity index (χ0v) is 11.8. The molecule has 0 fully saturated rings. The van der Waals surface area contributed by atoms with E-state index in [2.05, 4.69) is 15.9 Å². The maximum absolute atomic E-state index is 13.7. The lowest BCUT2D eigenvalue weighted by Gasteiger charge is -2.08. The first-order chi connectivity index (χ1) is 9.92. The molecule has 21 heavy (non-hydrogen) atoms. The highest BCUT2D eigenvalue weighted by molar-refractivity contribution is 9.10. The van der Waals surface area contributed by atoms with E-state index in [4.69, 9.17) is 4.74 Å². The van der Waals surface area contributed by atoms with Gasteiger partial charge in [-0.2, -0.15) is 4.39 Å². The van der Waals surface area contributed by atoms with Crippen LogP contribution in [0.5, 0.6) is 11.5 Å². The fourth-order valence-corrected chi connectivity index (χ4v) is 1.98. The summed E-state index contributed by atoms with van der Waals surface area (Å²) < 4.78 is 32.6. The topological polar surface area (TPSA) is 69.4 Å². The van der Waals surface area contributed by atoms with Crippen LogP contribution < -0.4 is 4.74 Å². The van der Waals surface area contributed by atoms with E-state index >= 15 is 0 Å². The largest absolute Gasteiger partial charge is 0.454 e. The van der Waals surface area contributed by atoms with Crippen LogP contribution in [0.1, 0.15) is 10.4 Å². The average molecular weight is 358 g/mol. The number of carbonyl (C=O) groups is 1. The second-order valence-corrected chi connectivity index (χ2v) is 4.75. The number of hydrogen-bond donors (Lipinski definition) is 0. The quantitative estimate of drug-likeness (QED) is 0.466. The van der Waals surface area contributed by atoms with Gasteiger partial charge >= 0.3 is 5.69 Å². The van der Waals surface area contributed by atoms with E-state index in [1.165, 1.54) is 18.2 Å². The van der Waals surface area contributed by atoms with Crippen molar-refractivity contribution in [2.24, 2.45) is 0 Å². The predicted octanol–water partition coefficient (Wildman–Crippen LogP) is 4.24. The van der Waals surface area contributed by atoms with E-state index in [-0.39, 0.29) is 5.75 Å². The summed E-state index contributed by atoms with van der Waals surface area (Å²) in [4.78, 5) is 20.1. The van der Waals surface area contributed by atoms with Gasteiger partial charge in [-0.05, 0) is 34.1 Å². The van der Waals surface area contributed by atoms with Gasteiger partial charge in [0.1, 0.15) is 5.75 Å². The molecule has 0 aliphatic heterocycles. The van der Waals surface area contributed by atoms with Gasteiger partial charge < -0.3 is 4.74 Å². The average Bonchev–Trinajstić information content (AvgIpc) is 2.42. The van der Waals surface area contributed by atoms with Crippen LogP contribution in [-0.2, 0) is 0 Å². The smallest absolute Gasteiger partial charge is 0.307 e. The van der Waals surface area contributed by atoms with Crippen LogP contribution >= 0.6 is 15.9 Å². The van der Waals surface area contributed by atoms with Gasteiger partial charge in [0.05, 0.1) is 11.0 Å². The van der Waals surface area contributed by atoms with E-state index < -0.39 is 28.0 Å². The van der Waals surface area contributed by atoms with E-state index in [1.54, 1.807) is 0 Å². The summed E-state index contributed by atoms with van der Waals surface area (Å²) in [6.07, 6.45) is 0.611. The monoisotopic (exact) mass is 357 g/mol. The lowest BCUT2D eigenvalue weighted by Crippen LogP contribution is -1.96. The summed E-state index contributed by atoms with van der Waals surface area (Å²) >= 11 is 3.12. The third-order valence-corrected chi connectivity index (χ3v) is 3.21. The number of carbonyl (C=O) groups excluding carboxylic acids is 1. The van der Waals surface area contributed by atoms with Gasteiger partial charge in [0.25, 0.3) is 0 Å². The van der Waals surface area contributed by atoms with Crippen molar-refractivity contribution in [3.05, 3.63) is 62.1 Å². The molecule has 8 heteroatoms. The molecule has 5 nitrogen and oxygen atoms in total. The van der Waals surface area contributed by atoms with Crippen molar-refractivity contribution in [3.63, 3.8) is 0 Å². The summed E-state index contributed by atoms with van der Waals surface area (Å²) in [5, 5.41) is 10.5. The van der Waals surface area contributed by atoms with Crippen LogP contribution in [0.2, 0.25) is 0 Å². The second kappa shape index (κ2) is 5.96. The maximum atomic E-state index is 13.7. The predicted molar refractivity (Wildman–Crippen MR) is 72.6 cm³/mol. The first-order valence-corrected chi connectivity index (χ1v) is 6.27. The van der Waals surface area contributed by atoms with Crippen molar-refractivity contribution in [2.75, 3.05) is 0 Å². The third-order valence-electron chi connectivity index (χ3n) is 2.52. The Hall–Kier alpha value is -2.35. The van der Waals surface area contributed by atoms with Crippen molar-refractivity contribution < 1.29 is 23.2 Å². The highest BCUT2D eigenvalue weighted by atomic mass is 79.9. The standard InChI is InChI=1S/C13H6BrF2NO4/c14-9-3-8(2-1-7(9)6-18)21-13-5-10(15)12(17(19)20)4-11(13)16/h1-6H. The van der Waals surface area contributed by atoms with Gasteiger partial charge in [0.15, 0.2) is 17.9 Å². The summed E-state index contributed by atoms with van der Waals surface area (Å²) in [7, 11) is 0. The zero-order valence-electron chi connectivity index (χ0n) is 10.2. The van der Waals surface area contributed by atoms with Crippen LogP contribution in [0, 0.1) is 21.7 Å². The molecule has 2 aromatic carbocycles. The van der Waals surface area contributed by atoms with E-state index in [1.807, 2.05) is 0 Å². The fraction of sp³-hybridized carbons (Fsp3) is 0. The Morgan fingerprint density at radius 1 is 1.19 bits per heavy atom. The van der Waals surface area contributed by atoms with Gasteiger partial charge in [-0.25, -0.2) is 4.39 Å². The molecular formula is C13H6BrF2NO4. The first kappa shape index (κ1) is 15.0. The zero-order chi connectivity index (χ0) is 15.6. The van der Waals surface area contributed by atoms with Crippen molar-refractivity contribution in [1.82, 2.24) is 0 Å². The van der Waals surface area contributed by atoms with Gasteiger partial charge in [-0.15, -0.1) is 0 Å². The summed E-state index contributed by atoms with van der Waals surface area (Å²) in [6, 6.07) is 5.23. The first-order valence-electron chi connectivity index (χ1n) is 5.48. The summed E-state index contributed by atoms with van der Waals surface area (Å²) in [6.45, 7) is 0. The van der Waals surface area contributed by atoms with E-state index in [0.29, 0.717) is 28.5 Å². The number of benzene rings is 2. The number of nitro groups is 1. The molecule has 2 aromatic rings. The Bertz CT molecular complexity index is 736. The van der Waals surface area contributed by atoms with Gasteiger partial charge in [0.2, 0.25) is 5.82 Å². The number of halogens is 3. The number of ether oxygens (including phenoxy) is 1. The molecule has 0 radical (unpaired) electrons. The highest BCUT2D eigenvalue weighted by Gasteiger charge is 2.19. The lowest BCUT2D eigenvalue weighted by molar-refractivity contribution is -0.387. The molecule has 2 rings (SSSR count). The van der Waals surface area contributed by atoms with Crippen LogP contribution in [0.3, 0.4) is 0 Å². The number of hydrogen-bond acceptors (Lipinski definition) is 4. The van der Waals surface area contributed by atoms with Crippen molar-refractivity contribution in [1.29, 1.82) is 0 Å². The van der Waals surface area contributed by atoms with Gasteiger partial charge in [-0.1, -0.05) is 0 Å². The molecule has 0 saturated carbocycles. The van der Waals surface area contributed by atoms with Gasteiger partial charge in [0, 0.05) is 16.1 Å². The maximum Gasteiger partial charge on any atom is 0.307 e. The number of nitro benzene ring substituents is 1. The molecule has 0 saturated heterocycles. The molecule has 0 heterocycles. The molecule has 0 bridgehead atoms. The summed E-state index contributed by atoms with van der Waals surface area (Å²) in [5.41, 5.74) is -0.616. The number of rotatable bonds is 4. The Balaban J connectivity index is 2.36. The minimum atomic E-state index is -1.21.